The molecule has 0 aromatic heterocycles. The van der Waals surface area contributed by atoms with Gasteiger partial charge in [-0.15, -0.1) is 0 Å². The summed E-state index contributed by atoms with van der Waals surface area (Å²) in [6, 6.07) is 7.89. The van der Waals surface area contributed by atoms with Crippen molar-refractivity contribution < 1.29 is 9.84 Å². The molecule has 0 radical (unpaired) electrons. The van der Waals surface area contributed by atoms with Crippen LogP contribution in [0.4, 0.5) is 0 Å². The highest BCUT2D eigenvalue weighted by Gasteiger charge is 2.25. The van der Waals surface area contributed by atoms with Crippen LogP contribution in [0.15, 0.2) is 28.7 Å². The normalized spacial score (nSPS) is 22.9. The van der Waals surface area contributed by atoms with Gasteiger partial charge in [-0.25, -0.2) is 0 Å². The molecule has 1 heterocycles. The fourth-order valence-corrected chi connectivity index (χ4v) is 3.29. The minimum absolute atomic E-state index is 0.417. The first-order valence-electron chi connectivity index (χ1n) is 6.68. The number of hydrogen-bond donors (Lipinski definition) is 1. The molecule has 3 heteroatoms. The van der Waals surface area contributed by atoms with E-state index >= 15 is 0 Å². The first-order valence-corrected chi connectivity index (χ1v) is 7.48. The topological polar surface area (TPSA) is 29.5 Å². The van der Waals surface area contributed by atoms with Gasteiger partial charge in [0.15, 0.2) is 0 Å². The van der Waals surface area contributed by atoms with Gasteiger partial charge in [-0.3, -0.25) is 0 Å². The maximum atomic E-state index is 10.6. The average Bonchev–Trinajstić information content (AvgIpc) is 2.82. The zero-order valence-corrected chi connectivity index (χ0v) is 12.4. The molecule has 1 aliphatic heterocycles. The number of rotatable bonds is 5. The first kappa shape index (κ1) is 14.0. The molecule has 100 valence electrons. The Hall–Kier alpha value is -0.380. The van der Waals surface area contributed by atoms with Crippen molar-refractivity contribution in [3.63, 3.8) is 0 Å². The Balaban J connectivity index is 1.88. The van der Waals surface area contributed by atoms with E-state index < -0.39 is 5.60 Å². The number of aliphatic hydroxyl groups is 1. The molecule has 0 spiro atoms. The lowest BCUT2D eigenvalue weighted by Gasteiger charge is -2.25. The predicted molar refractivity (Wildman–Crippen MR) is 76.5 cm³/mol. The highest BCUT2D eigenvalue weighted by molar-refractivity contribution is 9.10. The second-order valence-corrected chi connectivity index (χ2v) is 6.14. The minimum Gasteiger partial charge on any atom is -0.385 e. The number of hydrogen-bond acceptors (Lipinski definition) is 2. The molecule has 1 aromatic carbocycles. The smallest absolute Gasteiger partial charge is 0.0879 e. The van der Waals surface area contributed by atoms with Gasteiger partial charge in [0.25, 0.3) is 0 Å². The Kier molecular flexibility index (Phi) is 4.82. The Morgan fingerprint density at radius 3 is 2.89 bits per heavy atom. The van der Waals surface area contributed by atoms with Crippen LogP contribution in [0.2, 0.25) is 0 Å². The summed E-state index contributed by atoms with van der Waals surface area (Å²) in [5.74, 6) is 0. The highest BCUT2D eigenvalue weighted by Crippen LogP contribution is 2.32. The van der Waals surface area contributed by atoms with Crippen molar-refractivity contribution >= 4 is 15.9 Å². The molecule has 0 aliphatic carbocycles. The fourth-order valence-electron chi connectivity index (χ4n) is 2.58. The van der Waals surface area contributed by atoms with Crippen LogP contribution >= 0.6 is 15.9 Å². The summed E-state index contributed by atoms with van der Waals surface area (Å²) in [6.45, 7) is 2.80. The molecule has 2 nitrogen and oxygen atoms in total. The third kappa shape index (κ3) is 3.56. The van der Waals surface area contributed by atoms with Crippen LogP contribution in [-0.2, 0) is 10.3 Å². The molecule has 1 N–H and O–H groups in total. The molecule has 18 heavy (non-hydrogen) atoms. The predicted octanol–water partition coefficient (Wildman–Crippen LogP) is 4.01. The Morgan fingerprint density at radius 2 is 2.22 bits per heavy atom. The van der Waals surface area contributed by atoms with Gasteiger partial charge in [0, 0.05) is 11.1 Å². The van der Waals surface area contributed by atoms with Crippen molar-refractivity contribution in [2.24, 2.45) is 0 Å². The van der Waals surface area contributed by atoms with Gasteiger partial charge < -0.3 is 9.84 Å². The summed E-state index contributed by atoms with van der Waals surface area (Å²) in [5.41, 5.74) is 0.205. The van der Waals surface area contributed by atoms with Crippen molar-refractivity contribution in [2.45, 2.75) is 50.7 Å². The summed E-state index contributed by atoms with van der Waals surface area (Å²) >= 11 is 3.51. The van der Waals surface area contributed by atoms with E-state index in [0.29, 0.717) is 6.10 Å². The van der Waals surface area contributed by atoms with Gasteiger partial charge in [-0.05, 0) is 50.7 Å². The molecule has 2 unspecified atom stereocenters. The van der Waals surface area contributed by atoms with Crippen LogP contribution in [0.1, 0.15) is 44.6 Å². The Bertz CT molecular complexity index is 384. The molecule has 2 atom stereocenters. The molecular formula is C15H21BrO2. The highest BCUT2D eigenvalue weighted by atomic mass is 79.9. The van der Waals surface area contributed by atoms with Crippen LogP contribution in [0.3, 0.4) is 0 Å². The number of halogens is 1. The van der Waals surface area contributed by atoms with Crippen LogP contribution in [0.5, 0.6) is 0 Å². The van der Waals surface area contributed by atoms with E-state index in [2.05, 4.69) is 15.9 Å². The molecular weight excluding hydrogens is 292 g/mol. The van der Waals surface area contributed by atoms with Crippen molar-refractivity contribution in [3.8, 4) is 0 Å². The number of benzene rings is 1. The maximum Gasteiger partial charge on any atom is 0.0879 e. The zero-order valence-electron chi connectivity index (χ0n) is 10.9. The van der Waals surface area contributed by atoms with E-state index in [1.807, 2.05) is 31.2 Å². The van der Waals surface area contributed by atoms with Crippen LogP contribution in [0.25, 0.3) is 0 Å². The molecule has 1 aliphatic rings. The zero-order chi connectivity index (χ0) is 13.0. The van der Waals surface area contributed by atoms with Gasteiger partial charge in [0.2, 0.25) is 0 Å². The van der Waals surface area contributed by atoms with Crippen LogP contribution < -0.4 is 0 Å². The summed E-state index contributed by atoms with van der Waals surface area (Å²) in [4.78, 5) is 0. The molecule has 0 bridgehead atoms. The Labute approximate surface area is 117 Å². The molecule has 1 fully saturated rings. The largest absolute Gasteiger partial charge is 0.385 e. The van der Waals surface area contributed by atoms with E-state index in [-0.39, 0.29) is 0 Å². The van der Waals surface area contributed by atoms with Crippen molar-refractivity contribution in [1.29, 1.82) is 0 Å². The molecule has 2 rings (SSSR count). The summed E-state index contributed by atoms with van der Waals surface area (Å²) in [6.07, 6.45) is 5.61. The van der Waals surface area contributed by atoms with E-state index in [4.69, 9.17) is 4.74 Å². The van der Waals surface area contributed by atoms with Gasteiger partial charge in [0.1, 0.15) is 0 Å². The minimum atomic E-state index is -0.765. The maximum absolute atomic E-state index is 10.6. The van der Waals surface area contributed by atoms with E-state index in [0.717, 1.165) is 35.9 Å². The Morgan fingerprint density at radius 1 is 1.44 bits per heavy atom. The van der Waals surface area contributed by atoms with Gasteiger partial charge in [-0.1, -0.05) is 34.1 Å². The van der Waals surface area contributed by atoms with Crippen LogP contribution in [0, 0.1) is 0 Å². The van der Waals surface area contributed by atoms with Gasteiger partial charge >= 0.3 is 0 Å². The molecule has 1 saturated heterocycles. The lowest BCUT2D eigenvalue weighted by Crippen LogP contribution is -2.22. The van der Waals surface area contributed by atoms with Crippen LogP contribution in [-0.4, -0.2) is 17.8 Å². The van der Waals surface area contributed by atoms with E-state index in [1.54, 1.807) is 0 Å². The van der Waals surface area contributed by atoms with Gasteiger partial charge in [0.05, 0.1) is 11.7 Å². The fraction of sp³-hybridized carbons (Fsp3) is 0.600. The summed E-state index contributed by atoms with van der Waals surface area (Å²) in [5, 5.41) is 10.6. The SMILES string of the molecule is CC(O)(CCCC1CCCO1)c1ccccc1Br. The van der Waals surface area contributed by atoms with Crippen molar-refractivity contribution in [3.05, 3.63) is 34.3 Å². The first-order chi connectivity index (χ1) is 8.59. The third-order valence-corrected chi connectivity index (χ3v) is 4.36. The monoisotopic (exact) mass is 312 g/mol. The lowest BCUT2D eigenvalue weighted by molar-refractivity contribution is 0.0365. The van der Waals surface area contributed by atoms with E-state index in [9.17, 15) is 5.11 Å². The number of ether oxygens (including phenoxy) is 1. The van der Waals surface area contributed by atoms with Crippen molar-refractivity contribution in [1.82, 2.24) is 0 Å². The van der Waals surface area contributed by atoms with Gasteiger partial charge in [-0.2, -0.15) is 0 Å². The molecule has 1 aromatic rings. The molecule has 0 saturated carbocycles. The summed E-state index contributed by atoms with van der Waals surface area (Å²) in [7, 11) is 0. The second-order valence-electron chi connectivity index (χ2n) is 5.28. The standard InChI is InChI=1S/C15H21BrO2/c1-15(17,13-8-2-3-9-14(13)16)10-4-6-12-7-5-11-18-12/h2-3,8-9,12,17H,4-7,10-11H2,1H3. The third-order valence-electron chi connectivity index (χ3n) is 3.67. The molecule has 0 amide bonds. The quantitative estimate of drug-likeness (QED) is 0.890. The van der Waals surface area contributed by atoms with E-state index in [1.165, 1.54) is 12.8 Å². The summed E-state index contributed by atoms with van der Waals surface area (Å²) < 4.78 is 6.59. The lowest BCUT2D eigenvalue weighted by atomic mass is 9.90. The second kappa shape index (κ2) is 6.18. The average molecular weight is 313 g/mol. The van der Waals surface area contributed by atoms with Crippen molar-refractivity contribution in [2.75, 3.05) is 6.61 Å².